The molecule has 3 aromatic rings. The zero-order valence-electron chi connectivity index (χ0n) is 18.7. The molecule has 4 heterocycles. The minimum absolute atomic E-state index is 0.143. The van der Waals surface area contributed by atoms with E-state index in [1.165, 1.54) is 6.33 Å². The van der Waals surface area contributed by atoms with Crippen LogP contribution in [0.5, 0.6) is 5.88 Å². The fourth-order valence-electron chi connectivity index (χ4n) is 4.26. The molecule has 2 aliphatic heterocycles. The van der Waals surface area contributed by atoms with Crippen molar-refractivity contribution in [1.82, 2.24) is 15.0 Å². The van der Waals surface area contributed by atoms with Crippen molar-refractivity contribution in [2.75, 3.05) is 37.1 Å². The zero-order chi connectivity index (χ0) is 22.8. The van der Waals surface area contributed by atoms with Crippen molar-refractivity contribution < 1.29 is 18.4 Å². The molecule has 0 spiro atoms. The third-order valence-corrected chi connectivity index (χ3v) is 8.33. The second-order valence-electron chi connectivity index (χ2n) is 8.31. The SMILES string of the molecule is CO[C@@H]1COC[C@@H]1Oc1ncccc1Nc1ncnc2cc(N=S3(=O)CCCC3)cc(C)c12. The Bertz CT molecular complexity index is 1280. The fraction of sp³-hybridized carbons (Fsp3) is 0.435. The first-order chi connectivity index (χ1) is 16.0. The molecule has 5 rings (SSSR count). The van der Waals surface area contributed by atoms with Crippen LogP contribution in [0.4, 0.5) is 17.2 Å². The third-order valence-electron chi connectivity index (χ3n) is 5.94. The number of benzene rings is 1. The first-order valence-electron chi connectivity index (χ1n) is 11.0. The number of ether oxygens (including phenoxy) is 3. The van der Waals surface area contributed by atoms with Gasteiger partial charge in [0, 0.05) is 30.2 Å². The van der Waals surface area contributed by atoms with Gasteiger partial charge in [0.25, 0.3) is 0 Å². The summed E-state index contributed by atoms with van der Waals surface area (Å²) in [4.78, 5) is 13.3. The van der Waals surface area contributed by atoms with E-state index in [2.05, 4.69) is 24.6 Å². The lowest BCUT2D eigenvalue weighted by Crippen LogP contribution is -2.32. The van der Waals surface area contributed by atoms with Gasteiger partial charge in [-0.25, -0.2) is 19.2 Å². The largest absolute Gasteiger partial charge is 0.468 e. The van der Waals surface area contributed by atoms with Crippen LogP contribution in [-0.2, 0) is 19.2 Å². The predicted molar refractivity (Wildman–Crippen MR) is 127 cm³/mol. The van der Waals surface area contributed by atoms with Crippen molar-refractivity contribution in [1.29, 1.82) is 0 Å². The minimum atomic E-state index is -2.15. The molecule has 0 aliphatic carbocycles. The normalized spacial score (nSPS) is 21.9. The Kier molecular flexibility index (Phi) is 6.13. The Morgan fingerprint density at radius 3 is 2.79 bits per heavy atom. The van der Waals surface area contributed by atoms with Crippen LogP contribution in [0.25, 0.3) is 10.9 Å². The van der Waals surface area contributed by atoms with Gasteiger partial charge < -0.3 is 19.5 Å². The number of anilines is 2. The monoisotopic (exact) mass is 469 g/mol. The zero-order valence-corrected chi connectivity index (χ0v) is 19.5. The molecule has 0 radical (unpaired) electrons. The Morgan fingerprint density at radius 2 is 1.97 bits per heavy atom. The van der Waals surface area contributed by atoms with Crippen LogP contribution in [0.1, 0.15) is 18.4 Å². The Morgan fingerprint density at radius 1 is 1.15 bits per heavy atom. The Labute approximate surface area is 193 Å². The molecular weight excluding hydrogens is 442 g/mol. The van der Waals surface area contributed by atoms with Gasteiger partial charge in [-0.3, -0.25) is 0 Å². The van der Waals surface area contributed by atoms with E-state index >= 15 is 0 Å². The van der Waals surface area contributed by atoms with Gasteiger partial charge >= 0.3 is 0 Å². The second kappa shape index (κ2) is 9.20. The fourth-order valence-corrected chi connectivity index (χ4v) is 6.44. The minimum Gasteiger partial charge on any atom is -0.468 e. The van der Waals surface area contributed by atoms with E-state index in [1.807, 2.05) is 31.2 Å². The smallest absolute Gasteiger partial charge is 0.238 e. The molecule has 33 heavy (non-hydrogen) atoms. The first-order valence-corrected chi connectivity index (χ1v) is 12.9. The molecule has 10 heteroatoms. The standard InChI is InChI=1S/C23H27N5O4S/c1-15-10-16(28-33(29)8-3-4-9-33)11-18-21(15)22(26-14-25-18)27-17-6-5-7-24-23(17)32-20-13-31-12-19(20)30-2/h5-7,10-11,14,19-20H,3-4,8-9,12-13H2,1-2H3,(H,25,26,27)/t19-,20+/m1/s1. The highest BCUT2D eigenvalue weighted by Gasteiger charge is 2.31. The predicted octanol–water partition coefficient (Wildman–Crippen LogP) is 3.76. The van der Waals surface area contributed by atoms with Crippen molar-refractivity contribution >= 4 is 37.8 Å². The quantitative estimate of drug-likeness (QED) is 0.581. The molecule has 2 fully saturated rings. The maximum Gasteiger partial charge on any atom is 0.238 e. The molecule has 2 aliphatic rings. The van der Waals surface area contributed by atoms with Crippen LogP contribution in [0.2, 0.25) is 0 Å². The van der Waals surface area contributed by atoms with E-state index in [9.17, 15) is 4.21 Å². The number of nitrogens with zero attached hydrogens (tertiary/aromatic N) is 4. The van der Waals surface area contributed by atoms with Gasteiger partial charge in [0.15, 0.2) is 6.10 Å². The van der Waals surface area contributed by atoms with Crippen molar-refractivity contribution in [2.24, 2.45) is 4.36 Å². The molecule has 1 aromatic carbocycles. The lowest BCUT2D eigenvalue weighted by Gasteiger charge is -2.19. The summed E-state index contributed by atoms with van der Waals surface area (Å²) in [5.74, 6) is 2.42. The summed E-state index contributed by atoms with van der Waals surface area (Å²) < 4.78 is 34.5. The Hall–Kier alpha value is -2.82. The van der Waals surface area contributed by atoms with Crippen molar-refractivity contribution in [3.05, 3.63) is 42.4 Å². The third kappa shape index (κ3) is 4.64. The van der Waals surface area contributed by atoms with Gasteiger partial charge in [-0.1, -0.05) is 0 Å². The molecule has 0 saturated carbocycles. The van der Waals surface area contributed by atoms with Crippen molar-refractivity contribution in [2.45, 2.75) is 32.0 Å². The molecule has 1 N–H and O–H groups in total. The number of nitrogens with one attached hydrogen (secondary N) is 1. The number of fused-ring (bicyclic) bond motifs is 1. The van der Waals surface area contributed by atoms with E-state index in [0.29, 0.717) is 47.8 Å². The highest BCUT2D eigenvalue weighted by molar-refractivity contribution is 7.93. The molecule has 0 unspecified atom stereocenters. The lowest BCUT2D eigenvalue weighted by atomic mass is 10.1. The summed E-state index contributed by atoms with van der Waals surface area (Å²) in [5, 5.41) is 4.22. The molecule has 2 aromatic heterocycles. The van der Waals surface area contributed by atoms with E-state index in [0.717, 1.165) is 29.3 Å². The van der Waals surface area contributed by atoms with E-state index in [-0.39, 0.29) is 12.2 Å². The van der Waals surface area contributed by atoms with Crippen LogP contribution in [0.3, 0.4) is 0 Å². The summed E-state index contributed by atoms with van der Waals surface area (Å²) in [6, 6.07) is 7.54. The summed E-state index contributed by atoms with van der Waals surface area (Å²) in [6.07, 6.45) is 4.74. The highest BCUT2D eigenvalue weighted by atomic mass is 32.2. The number of pyridine rings is 1. The number of aromatic nitrogens is 3. The van der Waals surface area contributed by atoms with Crippen LogP contribution in [0, 0.1) is 6.92 Å². The molecular formula is C23H27N5O4S. The van der Waals surface area contributed by atoms with E-state index in [4.69, 9.17) is 14.2 Å². The molecule has 2 saturated heterocycles. The maximum atomic E-state index is 12.9. The van der Waals surface area contributed by atoms with Gasteiger partial charge in [-0.2, -0.15) is 4.36 Å². The summed E-state index contributed by atoms with van der Waals surface area (Å²) in [5.41, 5.74) is 3.07. The second-order valence-corrected chi connectivity index (χ2v) is 10.9. The topological polar surface area (TPSA) is 108 Å². The maximum absolute atomic E-state index is 12.9. The number of methoxy groups -OCH3 is 1. The highest BCUT2D eigenvalue weighted by Crippen LogP contribution is 2.33. The number of rotatable bonds is 6. The Balaban J connectivity index is 1.47. The summed E-state index contributed by atoms with van der Waals surface area (Å²) in [6.45, 7) is 2.92. The van der Waals surface area contributed by atoms with E-state index in [1.54, 1.807) is 13.3 Å². The van der Waals surface area contributed by atoms with E-state index < -0.39 is 9.73 Å². The van der Waals surface area contributed by atoms with Crippen LogP contribution in [0.15, 0.2) is 41.2 Å². The molecule has 0 amide bonds. The number of hydrogen-bond acceptors (Lipinski definition) is 9. The molecule has 2 atom stereocenters. The van der Waals surface area contributed by atoms with Gasteiger partial charge in [0.1, 0.15) is 23.9 Å². The average Bonchev–Trinajstić information content (AvgIpc) is 3.43. The lowest BCUT2D eigenvalue weighted by molar-refractivity contribution is 0.0311. The van der Waals surface area contributed by atoms with Crippen molar-refractivity contribution in [3.63, 3.8) is 0 Å². The van der Waals surface area contributed by atoms with Crippen LogP contribution in [-0.4, -0.2) is 63.2 Å². The first kappa shape index (κ1) is 22.0. The summed E-state index contributed by atoms with van der Waals surface area (Å²) in [7, 11) is -0.509. The number of aryl methyl sites for hydroxylation is 1. The molecule has 9 nitrogen and oxygen atoms in total. The molecule has 174 valence electrons. The number of hydrogen-bond donors (Lipinski definition) is 1. The van der Waals surface area contributed by atoms with Crippen molar-refractivity contribution in [3.8, 4) is 5.88 Å². The van der Waals surface area contributed by atoms with Gasteiger partial charge in [-0.15, -0.1) is 0 Å². The average molecular weight is 470 g/mol. The van der Waals surface area contributed by atoms with Crippen LogP contribution < -0.4 is 10.1 Å². The van der Waals surface area contributed by atoms with Gasteiger partial charge in [0.2, 0.25) is 5.88 Å². The van der Waals surface area contributed by atoms with Gasteiger partial charge in [0.05, 0.1) is 34.1 Å². The summed E-state index contributed by atoms with van der Waals surface area (Å²) >= 11 is 0. The van der Waals surface area contributed by atoms with Crippen LogP contribution >= 0.6 is 0 Å². The van der Waals surface area contributed by atoms with Gasteiger partial charge in [-0.05, 0) is 49.6 Å². The molecule has 0 bridgehead atoms.